The monoisotopic (exact) mass is 209 g/mol. The molecule has 2 N–H and O–H groups in total. The third kappa shape index (κ3) is 3.53. The van der Waals surface area contributed by atoms with Crippen LogP contribution in [0, 0.1) is 13.8 Å². The van der Waals surface area contributed by atoms with Crippen LogP contribution in [0.5, 0.6) is 0 Å². The predicted octanol–water partition coefficient (Wildman–Crippen LogP) is 1.37. The van der Waals surface area contributed by atoms with Gasteiger partial charge in [-0.1, -0.05) is 0 Å². The Morgan fingerprint density at radius 2 is 2.20 bits per heavy atom. The molecule has 0 aliphatic rings. The van der Waals surface area contributed by atoms with Crippen molar-refractivity contribution in [1.29, 1.82) is 0 Å². The molecule has 0 aromatic carbocycles. The van der Waals surface area contributed by atoms with Crippen LogP contribution in [-0.4, -0.2) is 27.1 Å². The third-order valence-corrected chi connectivity index (χ3v) is 2.07. The highest BCUT2D eigenvalue weighted by molar-refractivity contribution is 5.68. The van der Waals surface area contributed by atoms with Crippen molar-refractivity contribution in [3.05, 3.63) is 17.6 Å². The summed E-state index contributed by atoms with van der Waals surface area (Å²) in [7, 11) is 0. The highest BCUT2D eigenvalue weighted by Crippen LogP contribution is 2.08. The number of hydrogen-bond acceptors (Lipinski definition) is 4. The number of hydrogen-bond donors (Lipinski definition) is 2. The van der Waals surface area contributed by atoms with Gasteiger partial charge in [-0.05, 0) is 20.8 Å². The highest BCUT2D eigenvalue weighted by Gasteiger charge is 2.08. The van der Waals surface area contributed by atoms with Crippen molar-refractivity contribution in [3.8, 4) is 0 Å². The van der Waals surface area contributed by atoms with E-state index in [4.69, 9.17) is 5.11 Å². The summed E-state index contributed by atoms with van der Waals surface area (Å²) in [5.41, 5.74) is 1.73. The van der Waals surface area contributed by atoms with E-state index in [1.165, 1.54) is 0 Å². The molecule has 82 valence electrons. The number of aromatic nitrogens is 2. The van der Waals surface area contributed by atoms with Crippen molar-refractivity contribution >= 4 is 11.8 Å². The van der Waals surface area contributed by atoms with Gasteiger partial charge in [0.1, 0.15) is 5.82 Å². The molecule has 0 aliphatic carbocycles. The third-order valence-electron chi connectivity index (χ3n) is 2.07. The lowest BCUT2D eigenvalue weighted by Gasteiger charge is -2.12. The van der Waals surface area contributed by atoms with Gasteiger partial charge in [-0.2, -0.15) is 0 Å². The average molecular weight is 209 g/mol. The molecule has 0 saturated heterocycles. The second-order valence-corrected chi connectivity index (χ2v) is 3.57. The van der Waals surface area contributed by atoms with Crippen LogP contribution in [0.1, 0.15) is 24.7 Å². The lowest BCUT2D eigenvalue weighted by atomic mass is 10.2. The maximum Gasteiger partial charge on any atom is 0.305 e. The van der Waals surface area contributed by atoms with E-state index in [1.54, 1.807) is 13.1 Å². The van der Waals surface area contributed by atoms with Crippen molar-refractivity contribution in [2.75, 3.05) is 5.32 Å². The van der Waals surface area contributed by atoms with E-state index >= 15 is 0 Å². The van der Waals surface area contributed by atoms with Gasteiger partial charge in [-0.25, -0.2) is 4.98 Å². The van der Waals surface area contributed by atoms with Gasteiger partial charge in [0.2, 0.25) is 0 Å². The van der Waals surface area contributed by atoms with E-state index in [0.717, 1.165) is 11.4 Å². The molecule has 1 atom stereocenters. The van der Waals surface area contributed by atoms with Crippen LogP contribution in [0.15, 0.2) is 6.20 Å². The van der Waals surface area contributed by atoms with Crippen LogP contribution in [0.4, 0.5) is 5.82 Å². The zero-order chi connectivity index (χ0) is 11.4. The Morgan fingerprint density at radius 3 is 2.73 bits per heavy atom. The smallest absolute Gasteiger partial charge is 0.305 e. The normalized spacial score (nSPS) is 12.2. The first-order valence-corrected chi connectivity index (χ1v) is 4.77. The van der Waals surface area contributed by atoms with E-state index in [-0.39, 0.29) is 12.5 Å². The molecule has 1 aromatic rings. The van der Waals surface area contributed by atoms with Crippen molar-refractivity contribution in [3.63, 3.8) is 0 Å². The molecule has 5 heteroatoms. The van der Waals surface area contributed by atoms with E-state index in [1.807, 2.05) is 13.8 Å². The first kappa shape index (κ1) is 11.4. The Bertz CT molecular complexity index is 366. The molecule has 1 unspecified atom stereocenters. The maximum atomic E-state index is 10.4. The molecule has 0 saturated carbocycles. The molecule has 1 heterocycles. The molecule has 5 nitrogen and oxygen atoms in total. The summed E-state index contributed by atoms with van der Waals surface area (Å²) in [6.45, 7) is 5.55. The molecule has 1 rings (SSSR count). The SMILES string of the molecule is Cc1ncc(NC(C)CC(=O)O)nc1C. The molecular formula is C10H15N3O2. The van der Waals surface area contributed by atoms with Crippen LogP contribution in [0.25, 0.3) is 0 Å². The fourth-order valence-corrected chi connectivity index (χ4v) is 1.18. The number of aryl methyl sites for hydroxylation is 2. The number of carbonyl (C=O) groups is 1. The molecular weight excluding hydrogens is 194 g/mol. The van der Waals surface area contributed by atoms with E-state index in [0.29, 0.717) is 5.82 Å². The fraction of sp³-hybridized carbons (Fsp3) is 0.500. The van der Waals surface area contributed by atoms with Gasteiger partial charge in [0.15, 0.2) is 0 Å². The number of rotatable bonds is 4. The molecule has 15 heavy (non-hydrogen) atoms. The first-order chi connectivity index (χ1) is 6.99. The minimum Gasteiger partial charge on any atom is -0.481 e. The fourth-order valence-electron chi connectivity index (χ4n) is 1.18. The van der Waals surface area contributed by atoms with Gasteiger partial charge in [0.25, 0.3) is 0 Å². The Hall–Kier alpha value is -1.65. The van der Waals surface area contributed by atoms with Gasteiger partial charge in [-0.3, -0.25) is 9.78 Å². The Labute approximate surface area is 88.6 Å². The van der Waals surface area contributed by atoms with E-state index in [9.17, 15) is 4.79 Å². The summed E-state index contributed by atoms with van der Waals surface area (Å²) in [5, 5.41) is 11.6. The minimum atomic E-state index is -0.827. The highest BCUT2D eigenvalue weighted by atomic mass is 16.4. The molecule has 1 aromatic heterocycles. The van der Waals surface area contributed by atoms with Crippen LogP contribution < -0.4 is 5.32 Å². The van der Waals surface area contributed by atoms with Crippen LogP contribution in [0.3, 0.4) is 0 Å². The Morgan fingerprint density at radius 1 is 1.53 bits per heavy atom. The lowest BCUT2D eigenvalue weighted by molar-refractivity contribution is -0.137. The largest absolute Gasteiger partial charge is 0.481 e. The second kappa shape index (κ2) is 4.72. The van der Waals surface area contributed by atoms with Gasteiger partial charge >= 0.3 is 5.97 Å². The minimum absolute atomic E-state index is 0.0641. The Kier molecular flexibility index (Phi) is 3.60. The maximum absolute atomic E-state index is 10.4. The van der Waals surface area contributed by atoms with E-state index < -0.39 is 5.97 Å². The molecule has 0 amide bonds. The van der Waals surface area contributed by atoms with Gasteiger partial charge in [0, 0.05) is 6.04 Å². The van der Waals surface area contributed by atoms with Crippen molar-refractivity contribution < 1.29 is 9.90 Å². The summed E-state index contributed by atoms with van der Waals surface area (Å²) in [6, 6.07) is -0.154. The van der Waals surface area contributed by atoms with Crippen LogP contribution in [-0.2, 0) is 4.79 Å². The molecule has 0 fully saturated rings. The Balaban J connectivity index is 2.64. The summed E-state index contributed by atoms with van der Waals surface area (Å²) in [4.78, 5) is 18.8. The predicted molar refractivity (Wildman–Crippen MR) is 56.8 cm³/mol. The van der Waals surface area contributed by atoms with Crippen LogP contribution in [0.2, 0.25) is 0 Å². The molecule has 0 bridgehead atoms. The zero-order valence-corrected chi connectivity index (χ0v) is 9.11. The topological polar surface area (TPSA) is 75.1 Å². The number of nitrogens with one attached hydrogen (secondary N) is 1. The second-order valence-electron chi connectivity index (χ2n) is 3.57. The molecule has 0 spiro atoms. The quantitative estimate of drug-likeness (QED) is 0.783. The van der Waals surface area contributed by atoms with Crippen molar-refractivity contribution in [2.45, 2.75) is 33.2 Å². The molecule has 0 radical (unpaired) electrons. The number of anilines is 1. The van der Waals surface area contributed by atoms with Gasteiger partial charge in [0.05, 0.1) is 24.0 Å². The lowest BCUT2D eigenvalue weighted by Crippen LogP contribution is -2.20. The van der Waals surface area contributed by atoms with Crippen molar-refractivity contribution in [1.82, 2.24) is 9.97 Å². The van der Waals surface area contributed by atoms with Crippen molar-refractivity contribution in [2.24, 2.45) is 0 Å². The summed E-state index contributed by atoms with van der Waals surface area (Å²) in [5.74, 6) is -0.210. The average Bonchev–Trinajstić information content (AvgIpc) is 2.10. The zero-order valence-electron chi connectivity index (χ0n) is 9.11. The summed E-state index contributed by atoms with van der Waals surface area (Å²) < 4.78 is 0. The first-order valence-electron chi connectivity index (χ1n) is 4.77. The van der Waals surface area contributed by atoms with E-state index in [2.05, 4.69) is 15.3 Å². The summed E-state index contributed by atoms with van der Waals surface area (Å²) >= 11 is 0. The summed E-state index contributed by atoms with van der Waals surface area (Å²) in [6.07, 6.45) is 1.68. The van der Waals surface area contributed by atoms with Gasteiger partial charge < -0.3 is 10.4 Å². The number of nitrogens with zero attached hydrogens (tertiary/aromatic N) is 2. The molecule has 0 aliphatic heterocycles. The number of aliphatic carboxylic acids is 1. The number of carboxylic acid groups (broad SMARTS) is 1. The standard InChI is InChI=1S/C10H15N3O2/c1-6(4-10(14)15)12-9-5-11-7(2)8(3)13-9/h5-6H,4H2,1-3H3,(H,12,13)(H,14,15). The van der Waals surface area contributed by atoms with Crippen LogP contribution >= 0.6 is 0 Å². The van der Waals surface area contributed by atoms with Gasteiger partial charge in [-0.15, -0.1) is 0 Å². The number of carboxylic acids is 1.